The van der Waals surface area contributed by atoms with Crippen molar-refractivity contribution >= 4 is 5.97 Å². The van der Waals surface area contributed by atoms with Crippen molar-refractivity contribution in [2.75, 3.05) is 20.8 Å². The summed E-state index contributed by atoms with van der Waals surface area (Å²) >= 11 is 0. The van der Waals surface area contributed by atoms with Gasteiger partial charge in [-0.15, -0.1) is 0 Å². The minimum Gasteiger partial charge on any atom is -0.495 e. The Kier molecular flexibility index (Phi) is 4.62. The summed E-state index contributed by atoms with van der Waals surface area (Å²) < 4.78 is 36.5. The van der Waals surface area contributed by atoms with Crippen molar-refractivity contribution in [3.05, 3.63) is 22.3 Å². The van der Waals surface area contributed by atoms with Crippen LogP contribution in [0.4, 0.5) is 0 Å². The molecule has 7 atom stereocenters. The number of ether oxygens (including phenoxy) is 6. The second kappa shape index (κ2) is 6.89. The lowest BCUT2D eigenvalue weighted by Crippen LogP contribution is -2.78. The van der Waals surface area contributed by atoms with E-state index in [2.05, 4.69) is 6.92 Å². The van der Waals surface area contributed by atoms with E-state index >= 15 is 0 Å². The summed E-state index contributed by atoms with van der Waals surface area (Å²) in [5, 5.41) is 22.3. The first kappa shape index (κ1) is 23.5. The Morgan fingerprint density at radius 2 is 1.86 bits per heavy atom. The number of carbonyl (C=O) groups excluding carboxylic acids is 1. The third kappa shape index (κ3) is 2.49. The van der Waals surface area contributed by atoms with Gasteiger partial charge in [0.05, 0.1) is 19.8 Å². The van der Waals surface area contributed by atoms with Crippen LogP contribution in [0.3, 0.4) is 0 Å². The van der Waals surface area contributed by atoms with Crippen LogP contribution in [0.15, 0.2) is 0 Å². The highest BCUT2D eigenvalue weighted by Crippen LogP contribution is 2.71. The Balaban J connectivity index is 1.56. The summed E-state index contributed by atoms with van der Waals surface area (Å²) in [6.45, 7) is 7.70. The van der Waals surface area contributed by atoms with Crippen molar-refractivity contribution < 1.29 is 43.4 Å². The highest BCUT2D eigenvalue weighted by molar-refractivity contribution is 5.98. The molecule has 1 aromatic carbocycles. The van der Waals surface area contributed by atoms with E-state index in [0.29, 0.717) is 36.3 Å². The van der Waals surface area contributed by atoms with Crippen LogP contribution in [0.2, 0.25) is 0 Å². The maximum Gasteiger partial charge on any atom is 0.342 e. The molecular weight excluding hydrogens is 456 g/mol. The zero-order valence-electron chi connectivity index (χ0n) is 21.1. The molecular formula is C26H34O9. The fraction of sp³-hybridized carbons (Fsp3) is 0.731. The number of methoxy groups -OCH3 is 2. The number of rotatable bonds is 3. The first-order chi connectivity index (χ1) is 16.4. The number of esters is 1. The summed E-state index contributed by atoms with van der Waals surface area (Å²) in [7, 11) is 3.08. The lowest BCUT2D eigenvalue weighted by atomic mass is 9.45. The van der Waals surface area contributed by atoms with E-state index in [9.17, 15) is 15.0 Å². The Morgan fingerprint density at radius 1 is 1.11 bits per heavy atom. The molecule has 1 aliphatic carbocycles. The number of carbonyl (C=O) groups is 1. The Labute approximate surface area is 204 Å². The predicted octanol–water partition coefficient (Wildman–Crippen LogP) is 2.39. The number of aliphatic hydroxyl groups excluding tert-OH is 2. The molecule has 2 N–H and O–H groups in total. The van der Waals surface area contributed by atoms with E-state index in [-0.39, 0.29) is 31.5 Å². The van der Waals surface area contributed by atoms with Crippen molar-refractivity contribution in [3.8, 4) is 11.5 Å². The second-order valence-electron chi connectivity index (χ2n) is 11.4. The molecule has 6 rings (SSSR count). The van der Waals surface area contributed by atoms with Crippen molar-refractivity contribution in [3.63, 3.8) is 0 Å². The van der Waals surface area contributed by atoms with Gasteiger partial charge in [0.1, 0.15) is 40.5 Å². The van der Waals surface area contributed by atoms with Gasteiger partial charge in [-0.3, -0.25) is 0 Å². The Bertz CT molecular complexity index is 1130. The molecule has 1 spiro atoms. The molecule has 7 unspecified atom stereocenters. The molecule has 0 radical (unpaired) electrons. The molecule has 3 fully saturated rings. The Morgan fingerprint density at radius 3 is 2.51 bits per heavy atom. The van der Waals surface area contributed by atoms with Gasteiger partial charge in [-0.2, -0.15) is 0 Å². The fourth-order valence-corrected chi connectivity index (χ4v) is 8.22. The number of hydrogen-bond acceptors (Lipinski definition) is 9. The van der Waals surface area contributed by atoms with Gasteiger partial charge in [0.2, 0.25) is 0 Å². The molecule has 1 saturated carbocycles. The highest BCUT2D eigenvalue weighted by Gasteiger charge is 2.81. The molecule has 192 valence electrons. The summed E-state index contributed by atoms with van der Waals surface area (Å²) in [4.78, 5) is 12.6. The van der Waals surface area contributed by atoms with Gasteiger partial charge in [-0.1, -0.05) is 6.92 Å². The lowest BCUT2D eigenvalue weighted by Gasteiger charge is -2.66. The summed E-state index contributed by atoms with van der Waals surface area (Å²) in [6, 6.07) is 0. The molecule has 4 aliphatic heterocycles. The predicted molar refractivity (Wildman–Crippen MR) is 121 cm³/mol. The number of hydrogen-bond donors (Lipinski definition) is 2. The van der Waals surface area contributed by atoms with Crippen molar-refractivity contribution in [1.82, 2.24) is 0 Å². The quantitative estimate of drug-likeness (QED) is 0.617. The van der Waals surface area contributed by atoms with Crippen LogP contribution >= 0.6 is 0 Å². The van der Waals surface area contributed by atoms with Crippen molar-refractivity contribution in [2.45, 2.75) is 88.9 Å². The molecule has 9 nitrogen and oxygen atoms in total. The van der Waals surface area contributed by atoms with Crippen LogP contribution in [0.1, 0.15) is 67.1 Å². The second-order valence-corrected chi connectivity index (χ2v) is 11.4. The smallest absolute Gasteiger partial charge is 0.342 e. The highest BCUT2D eigenvalue weighted by atomic mass is 16.9. The first-order valence-corrected chi connectivity index (χ1v) is 12.3. The van der Waals surface area contributed by atoms with Gasteiger partial charge in [0.25, 0.3) is 5.97 Å². The molecule has 9 heteroatoms. The van der Waals surface area contributed by atoms with Crippen LogP contribution < -0.4 is 9.47 Å². The SMILES string of the molecule is COc1c2c(c(C)c3c1C(=O)OC3)OC1(C)CC(O)C34OC(OC)(CCC3(C)C1C2)OC4(C)CO. The number of benzene rings is 1. The van der Waals surface area contributed by atoms with Gasteiger partial charge in [0.15, 0.2) is 0 Å². The number of aliphatic hydroxyl groups is 2. The molecule has 2 saturated heterocycles. The normalized spacial score (nSPS) is 45.1. The molecule has 0 aromatic heterocycles. The summed E-state index contributed by atoms with van der Waals surface area (Å²) in [5.41, 5.74) is -0.872. The average Bonchev–Trinajstić information content (AvgIpc) is 3.32. The van der Waals surface area contributed by atoms with Crippen LogP contribution in [0, 0.1) is 18.3 Å². The monoisotopic (exact) mass is 490 g/mol. The summed E-state index contributed by atoms with van der Waals surface area (Å²) in [6.07, 6.45) is 0.911. The molecule has 1 aromatic rings. The maximum absolute atomic E-state index is 12.6. The largest absolute Gasteiger partial charge is 0.495 e. The van der Waals surface area contributed by atoms with Crippen molar-refractivity contribution in [1.29, 1.82) is 0 Å². The van der Waals surface area contributed by atoms with Crippen LogP contribution in [0.25, 0.3) is 0 Å². The van der Waals surface area contributed by atoms with E-state index in [0.717, 1.165) is 16.7 Å². The Hall–Kier alpha value is -1.91. The van der Waals surface area contributed by atoms with Crippen LogP contribution in [-0.4, -0.2) is 65.9 Å². The van der Waals surface area contributed by atoms with Gasteiger partial charge < -0.3 is 38.6 Å². The topological polar surface area (TPSA) is 113 Å². The van der Waals surface area contributed by atoms with E-state index < -0.39 is 34.3 Å². The first-order valence-electron chi connectivity index (χ1n) is 12.3. The maximum atomic E-state index is 12.6. The minimum atomic E-state index is -1.32. The van der Waals surface area contributed by atoms with Crippen LogP contribution in [-0.2, 0) is 32.0 Å². The standard InChI is InChI=1S/C26H34O9/c1-13-15-11-32-21(29)18(15)20(30-5)14-9-16-22(2)7-8-25(31-6)34-24(4,12-27)26(22,35-25)17(28)10-23(16,3)33-19(13)14/h16-17,27-28H,7-12H2,1-6H3. The molecule has 0 amide bonds. The summed E-state index contributed by atoms with van der Waals surface area (Å²) in [5.74, 6) is -0.667. The molecule has 35 heavy (non-hydrogen) atoms. The van der Waals surface area contributed by atoms with Gasteiger partial charge in [0, 0.05) is 42.4 Å². The van der Waals surface area contributed by atoms with E-state index in [1.807, 2.05) is 13.8 Å². The third-order valence-corrected chi connectivity index (χ3v) is 9.84. The minimum absolute atomic E-state index is 0.142. The van der Waals surface area contributed by atoms with E-state index in [4.69, 9.17) is 28.4 Å². The van der Waals surface area contributed by atoms with Crippen LogP contribution in [0.5, 0.6) is 11.5 Å². The lowest BCUT2D eigenvalue weighted by molar-refractivity contribution is -0.392. The number of fused-ring (bicyclic) bond motifs is 5. The fourth-order valence-electron chi connectivity index (χ4n) is 8.22. The number of cyclic esters (lactones) is 1. The van der Waals surface area contributed by atoms with Gasteiger partial charge in [-0.25, -0.2) is 4.79 Å². The average molecular weight is 491 g/mol. The zero-order chi connectivity index (χ0) is 25.2. The van der Waals surface area contributed by atoms with E-state index in [1.165, 1.54) is 7.11 Å². The third-order valence-electron chi connectivity index (χ3n) is 9.84. The molecule has 5 aliphatic rings. The zero-order valence-corrected chi connectivity index (χ0v) is 21.1. The molecule has 4 heterocycles. The van der Waals surface area contributed by atoms with Crippen molar-refractivity contribution in [2.24, 2.45) is 11.3 Å². The van der Waals surface area contributed by atoms with Gasteiger partial charge in [-0.05, 0) is 39.2 Å². The molecule has 2 bridgehead atoms. The van der Waals surface area contributed by atoms with E-state index in [1.54, 1.807) is 14.0 Å². The van der Waals surface area contributed by atoms with Gasteiger partial charge >= 0.3 is 5.97 Å².